The molecule has 0 bridgehead atoms. The molecule has 28 heavy (non-hydrogen) atoms. The number of hydrogen-bond acceptors (Lipinski definition) is 5. The van der Waals surface area contributed by atoms with Crippen LogP contribution in [0.5, 0.6) is 0 Å². The Labute approximate surface area is 163 Å². The number of rotatable bonds is 6. The molecule has 9 heteroatoms. The van der Waals surface area contributed by atoms with E-state index < -0.39 is 21.8 Å². The van der Waals surface area contributed by atoms with Crippen molar-refractivity contribution in [2.24, 2.45) is 5.92 Å². The number of carbonyl (C=O) groups excluding carboxylic acids is 3. The molecule has 8 nitrogen and oxygen atoms in total. The van der Waals surface area contributed by atoms with E-state index in [2.05, 4.69) is 10.6 Å². The molecule has 3 amide bonds. The Hall–Kier alpha value is -3.20. The maximum absolute atomic E-state index is 12.4. The van der Waals surface area contributed by atoms with Crippen LogP contribution in [0.15, 0.2) is 53.4 Å². The van der Waals surface area contributed by atoms with Crippen LogP contribution in [-0.2, 0) is 19.6 Å². The molecule has 0 spiro atoms. The fraction of sp³-hybridized carbons (Fsp3) is 0.211. The standard InChI is InChI=1S/C19H21N3O5S/c1-12(2)18(24)21-16-6-4-5-14(11-16)19(25)20-15-7-9-17(10-8-15)28(26,27)22-13(3)23/h4-12H,1-3H3,(H,20,25)(H,21,24)(H,22,23). The van der Waals surface area contributed by atoms with Gasteiger partial charge in [0.25, 0.3) is 15.9 Å². The second-order valence-electron chi connectivity index (χ2n) is 6.36. The van der Waals surface area contributed by atoms with E-state index in [-0.39, 0.29) is 16.7 Å². The number of amides is 3. The second-order valence-corrected chi connectivity index (χ2v) is 8.05. The normalized spacial score (nSPS) is 11.0. The number of sulfonamides is 1. The lowest BCUT2D eigenvalue weighted by molar-refractivity contribution is -0.119. The minimum Gasteiger partial charge on any atom is -0.326 e. The van der Waals surface area contributed by atoms with Gasteiger partial charge in [0.1, 0.15) is 0 Å². The van der Waals surface area contributed by atoms with E-state index >= 15 is 0 Å². The molecule has 0 atom stereocenters. The van der Waals surface area contributed by atoms with E-state index in [1.54, 1.807) is 38.1 Å². The molecule has 148 valence electrons. The van der Waals surface area contributed by atoms with Crippen LogP contribution in [0.3, 0.4) is 0 Å². The van der Waals surface area contributed by atoms with Crippen LogP contribution in [0.4, 0.5) is 11.4 Å². The Morgan fingerprint density at radius 3 is 2.11 bits per heavy atom. The largest absolute Gasteiger partial charge is 0.326 e. The van der Waals surface area contributed by atoms with Crippen molar-refractivity contribution in [1.82, 2.24) is 4.72 Å². The Morgan fingerprint density at radius 2 is 1.54 bits per heavy atom. The molecular weight excluding hydrogens is 382 g/mol. The van der Waals surface area contributed by atoms with Gasteiger partial charge in [0.15, 0.2) is 0 Å². The summed E-state index contributed by atoms with van der Waals surface area (Å²) in [5.41, 5.74) is 1.21. The van der Waals surface area contributed by atoms with Crippen LogP contribution in [0, 0.1) is 5.92 Å². The second kappa shape index (κ2) is 8.66. The maximum Gasteiger partial charge on any atom is 0.264 e. The molecule has 0 unspecified atom stereocenters. The van der Waals surface area contributed by atoms with E-state index in [9.17, 15) is 22.8 Å². The van der Waals surface area contributed by atoms with Crippen molar-refractivity contribution in [3.05, 3.63) is 54.1 Å². The minimum atomic E-state index is -3.93. The van der Waals surface area contributed by atoms with Gasteiger partial charge >= 0.3 is 0 Å². The molecule has 2 aromatic rings. The average Bonchev–Trinajstić information content (AvgIpc) is 2.61. The Balaban J connectivity index is 2.11. The Kier molecular flexibility index (Phi) is 6.53. The van der Waals surface area contributed by atoms with Gasteiger partial charge in [-0.15, -0.1) is 0 Å². The van der Waals surface area contributed by atoms with E-state index in [1.807, 2.05) is 4.72 Å². The summed E-state index contributed by atoms with van der Waals surface area (Å²) in [6.07, 6.45) is 0. The molecule has 0 aromatic heterocycles. The Morgan fingerprint density at radius 1 is 0.893 bits per heavy atom. The molecule has 0 fully saturated rings. The topological polar surface area (TPSA) is 121 Å². The summed E-state index contributed by atoms with van der Waals surface area (Å²) in [5.74, 6) is -1.46. The third-order valence-electron chi connectivity index (χ3n) is 3.62. The van der Waals surface area contributed by atoms with Gasteiger partial charge < -0.3 is 10.6 Å². The monoisotopic (exact) mass is 403 g/mol. The lowest BCUT2D eigenvalue weighted by atomic mass is 10.1. The van der Waals surface area contributed by atoms with Gasteiger partial charge in [-0.2, -0.15) is 0 Å². The van der Waals surface area contributed by atoms with Crippen molar-refractivity contribution in [1.29, 1.82) is 0 Å². The molecule has 0 aliphatic heterocycles. The van der Waals surface area contributed by atoms with Gasteiger partial charge in [-0.25, -0.2) is 13.1 Å². The zero-order chi connectivity index (χ0) is 20.9. The molecule has 0 aliphatic rings. The SMILES string of the molecule is CC(=O)NS(=O)(=O)c1ccc(NC(=O)c2cccc(NC(=O)C(C)C)c2)cc1. The minimum absolute atomic E-state index is 0.0981. The van der Waals surface area contributed by atoms with Gasteiger partial charge in [-0.05, 0) is 42.5 Å². The van der Waals surface area contributed by atoms with Gasteiger partial charge in [0.2, 0.25) is 11.8 Å². The molecular formula is C19H21N3O5S. The summed E-state index contributed by atoms with van der Waals surface area (Å²) in [6, 6.07) is 11.8. The summed E-state index contributed by atoms with van der Waals surface area (Å²) < 4.78 is 25.7. The molecule has 3 N–H and O–H groups in total. The first-order valence-corrected chi connectivity index (χ1v) is 9.92. The van der Waals surface area contributed by atoms with Crippen LogP contribution in [-0.4, -0.2) is 26.1 Å². The highest BCUT2D eigenvalue weighted by molar-refractivity contribution is 7.90. The third-order valence-corrected chi connectivity index (χ3v) is 5.07. The highest BCUT2D eigenvalue weighted by atomic mass is 32.2. The number of nitrogens with one attached hydrogen (secondary N) is 3. The summed E-state index contributed by atoms with van der Waals surface area (Å²) in [7, 11) is -3.93. The molecule has 0 saturated carbocycles. The predicted molar refractivity (Wildman–Crippen MR) is 105 cm³/mol. The number of hydrogen-bond donors (Lipinski definition) is 3. The van der Waals surface area contributed by atoms with Crippen molar-refractivity contribution < 1.29 is 22.8 Å². The zero-order valence-corrected chi connectivity index (χ0v) is 16.5. The van der Waals surface area contributed by atoms with Crippen LogP contribution in [0.1, 0.15) is 31.1 Å². The van der Waals surface area contributed by atoms with E-state index in [1.165, 1.54) is 24.3 Å². The van der Waals surface area contributed by atoms with E-state index in [0.717, 1.165) is 6.92 Å². The molecule has 0 aliphatic carbocycles. The predicted octanol–water partition coefficient (Wildman–Crippen LogP) is 2.36. The third kappa shape index (κ3) is 5.65. The Bertz CT molecular complexity index is 998. The summed E-state index contributed by atoms with van der Waals surface area (Å²) >= 11 is 0. The highest BCUT2D eigenvalue weighted by Gasteiger charge is 2.15. The molecule has 2 aromatic carbocycles. The smallest absolute Gasteiger partial charge is 0.264 e. The van der Waals surface area contributed by atoms with Gasteiger partial charge in [-0.1, -0.05) is 19.9 Å². The first-order chi connectivity index (χ1) is 13.1. The summed E-state index contributed by atoms with van der Waals surface area (Å²) in [6.45, 7) is 4.63. The van der Waals surface area contributed by atoms with Crippen molar-refractivity contribution in [3.8, 4) is 0 Å². The van der Waals surface area contributed by atoms with Crippen LogP contribution >= 0.6 is 0 Å². The van der Waals surface area contributed by atoms with Crippen molar-refractivity contribution in [2.75, 3.05) is 10.6 Å². The molecule has 0 saturated heterocycles. The van der Waals surface area contributed by atoms with Crippen molar-refractivity contribution in [3.63, 3.8) is 0 Å². The van der Waals surface area contributed by atoms with E-state index in [4.69, 9.17) is 0 Å². The highest BCUT2D eigenvalue weighted by Crippen LogP contribution is 2.17. The van der Waals surface area contributed by atoms with Crippen LogP contribution in [0.25, 0.3) is 0 Å². The lowest BCUT2D eigenvalue weighted by Gasteiger charge is -2.10. The first kappa shape index (κ1) is 21.1. The fourth-order valence-corrected chi connectivity index (χ4v) is 3.18. The zero-order valence-electron chi connectivity index (χ0n) is 15.6. The number of benzene rings is 2. The van der Waals surface area contributed by atoms with Gasteiger partial charge in [0, 0.05) is 29.8 Å². The average molecular weight is 403 g/mol. The maximum atomic E-state index is 12.4. The first-order valence-electron chi connectivity index (χ1n) is 8.44. The molecule has 2 rings (SSSR count). The van der Waals surface area contributed by atoms with E-state index in [0.29, 0.717) is 16.9 Å². The van der Waals surface area contributed by atoms with Gasteiger partial charge in [0.05, 0.1) is 4.90 Å². The van der Waals surface area contributed by atoms with Crippen molar-refractivity contribution in [2.45, 2.75) is 25.7 Å². The summed E-state index contributed by atoms with van der Waals surface area (Å²) in [4.78, 5) is 35.1. The van der Waals surface area contributed by atoms with Gasteiger partial charge in [-0.3, -0.25) is 14.4 Å². The quantitative estimate of drug-likeness (QED) is 0.684. The van der Waals surface area contributed by atoms with Crippen LogP contribution in [0.2, 0.25) is 0 Å². The van der Waals surface area contributed by atoms with Crippen molar-refractivity contribution >= 4 is 39.1 Å². The molecule has 0 heterocycles. The van der Waals surface area contributed by atoms with Crippen LogP contribution < -0.4 is 15.4 Å². The lowest BCUT2D eigenvalue weighted by Crippen LogP contribution is -2.28. The number of anilines is 2. The molecule has 0 radical (unpaired) electrons. The number of carbonyl (C=O) groups is 3. The fourth-order valence-electron chi connectivity index (χ4n) is 2.19. The summed E-state index contributed by atoms with van der Waals surface area (Å²) in [5, 5.41) is 5.37.